The summed E-state index contributed by atoms with van der Waals surface area (Å²) >= 11 is 0. The molecule has 3 heteroatoms. The molecular weight excluding hydrogens is 200 g/mol. The Morgan fingerprint density at radius 1 is 1.38 bits per heavy atom. The number of nitrogens with one attached hydrogen (secondary N) is 1. The van der Waals surface area contributed by atoms with E-state index in [2.05, 4.69) is 18.5 Å². The van der Waals surface area contributed by atoms with Crippen LogP contribution in [-0.4, -0.2) is 18.5 Å². The fourth-order valence-electron chi connectivity index (χ4n) is 1.88. The third-order valence-corrected chi connectivity index (χ3v) is 3.05. The van der Waals surface area contributed by atoms with Crippen LogP contribution < -0.4 is 11.1 Å². The summed E-state index contributed by atoms with van der Waals surface area (Å²) in [5.74, 6) is 0.645. The zero-order chi connectivity index (χ0) is 12.0. The number of carbonyl (C=O) groups is 1. The minimum Gasteiger partial charge on any atom is -0.352 e. The molecule has 0 aromatic rings. The quantitative estimate of drug-likeness (QED) is 0.613. The van der Waals surface area contributed by atoms with Gasteiger partial charge in [0.1, 0.15) is 0 Å². The Balaban J connectivity index is 2.45. The van der Waals surface area contributed by atoms with E-state index in [1.807, 2.05) is 0 Å². The van der Waals surface area contributed by atoms with Gasteiger partial charge in [-0.2, -0.15) is 0 Å². The second kappa shape index (κ2) is 6.48. The Morgan fingerprint density at radius 2 is 1.94 bits per heavy atom. The summed E-state index contributed by atoms with van der Waals surface area (Å²) in [4.78, 5) is 12.0. The van der Waals surface area contributed by atoms with E-state index < -0.39 is 0 Å². The van der Waals surface area contributed by atoms with Gasteiger partial charge in [-0.15, -0.1) is 13.2 Å². The molecule has 0 aromatic carbocycles. The molecular formula is C13H22N2O. The Morgan fingerprint density at radius 3 is 2.31 bits per heavy atom. The Kier molecular flexibility index (Phi) is 5.26. The first-order valence-electron chi connectivity index (χ1n) is 5.95. The second-order valence-corrected chi connectivity index (χ2v) is 4.43. The SMILES string of the molecule is C=CCC(CC=C)C(=O)NC(CN)C1CC1. The van der Waals surface area contributed by atoms with Gasteiger partial charge in [0.05, 0.1) is 0 Å². The van der Waals surface area contributed by atoms with E-state index in [4.69, 9.17) is 5.73 Å². The van der Waals surface area contributed by atoms with Crippen LogP contribution in [0, 0.1) is 11.8 Å². The number of hydrogen-bond acceptors (Lipinski definition) is 2. The summed E-state index contributed by atoms with van der Waals surface area (Å²) in [6.07, 6.45) is 7.33. The molecule has 0 heterocycles. The van der Waals surface area contributed by atoms with Gasteiger partial charge < -0.3 is 11.1 Å². The summed E-state index contributed by atoms with van der Waals surface area (Å²) in [5, 5.41) is 3.04. The third-order valence-electron chi connectivity index (χ3n) is 3.05. The molecule has 1 saturated carbocycles. The standard InChI is InChI=1S/C13H22N2O/c1-3-5-11(6-4-2)13(16)15-12(9-14)10-7-8-10/h3-4,10-12H,1-2,5-9,14H2,(H,15,16). The van der Waals surface area contributed by atoms with Crippen molar-refractivity contribution in [2.75, 3.05) is 6.54 Å². The predicted molar refractivity (Wildman–Crippen MR) is 66.8 cm³/mol. The van der Waals surface area contributed by atoms with Crippen molar-refractivity contribution in [3.8, 4) is 0 Å². The van der Waals surface area contributed by atoms with Gasteiger partial charge in [0.2, 0.25) is 5.91 Å². The first-order chi connectivity index (χ1) is 7.72. The number of amides is 1. The van der Waals surface area contributed by atoms with Crippen molar-refractivity contribution >= 4 is 5.91 Å². The van der Waals surface area contributed by atoms with Gasteiger partial charge in [0, 0.05) is 18.5 Å². The normalized spacial score (nSPS) is 16.9. The molecule has 3 nitrogen and oxygen atoms in total. The van der Waals surface area contributed by atoms with Gasteiger partial charge in [-0.25, -0.2) is 0 Å². The summed E-state index contributed by atoms with van der Waals surface area (Å²) < 4.78 is 0. The Hall–Kier alpha value is -1.09. The van der Waals surface area contributed by atoms with Gasteiger partial charge in [-0.05, 0) is 31.6 Å². The monoisotopic (exact) mass is 222 g/mol. The van der Waals surface area contributed by atoms with Crippen LogP contribution in [-0.2, 0) is 4.79 Å². The topological polar surface area (TPSA) is 55.1 Å². The minimum atomic E-state index is -0.0391. The van der Waals surface area contributed by atoms with Crippen molar-refractivity contribution in [3.05, 3.63) is 25.3 Å². The summed E-state index contributed by atoms with van der Waals surface area (Å²) in [6.45, 7) is 7.88. The smallest absolute Gasteiger partial charge is 0.224 e. The fourth-order valence-corrected chi connectivity index (χ4v) is 1.88. The molecule has 0 bridgehead atoms. The molecule has 0 aromatic heterocycles. The molecule has 3 N–H and O–H groups in total. The largest absolute Gasteiger partial charge is 0.352 e. The lowest BCUT2D eigenvalue weighted by atomic mass is 9.99. The van der Waals surface area contributed by atoms with Crippen LogP contribution in [0.15, 0.2) is 25.3 Å². The molecule has 1 atom stereocenters. The highest BCUT2D eigenvalue weighted by atomic mass is 16.1. The lowest BCUT2D eigenvalue weighted by Crippen LogP contribution is -2.44. The van der Waals surface area contributed by atoms with Crippen LogP contribution in [0.1, 0.15) is 25.7 Å². The van der Waals surface area contributed by atoms with E-state index >= 15 is 0 Å². The molecule has 1 unspecified atom stereocenters. The van der Waals surface area contributed by atoms with E-state index in [0.29, 0.717) is 25.3 Å². The van der Waals surface area contributed by atoms with E-state index in [0.717, 1.165) is 0 Å². The molecule has 0 radical (unpaired) electrons. The van der Waals surface area contributed by atoms with Gasteiger partial charge in [0.25, 0.3) is 0 Å². The van der Waals surface area contributed by atoms with Crippen LogP contribution in [0.25, 0.3) is 0 Å². The maximum Gasteiger partial charge on any atom is 0.224 e. The van der Waals surface area contributed by atoms with Crippen molar-refractivity contribution in [1.29, 1.82) is 0 Å². The number of allylic oxidation sites excluding steroid dienone is 2. The number of hydrogen-bond donors (Lipinski definition) is 2. The average molecular weight is 222 g/mol. The van der Waals surface area contributed by atoms with Crippen molar-refractivity contribution in [3.63, 3.8) is 0 Å². The maximum atomic E-state index is 12.0. The van der Waals surface area contributed by atoms with Crippen molar-refractivity contribution in [2.24, 2.45) is 17.6 Å². The average Bonchev–Trinajstić information content (AvgIpc) is 3.09. The number of rotatable bonds is 8. The van der Waals surface area contributed by atoms with Gasteiger partial charge >= 0.3 is 0 Å². The molecule has 0 spiro atoms. The van der Waals surface area contributed by atoms with E-state index in [1.54, 1.807) is 12.2 Å². The summed E-state index contributed by atoms with van der Waals surface area (Å²) in [6, 6.07) is 0.157. The van der Waals surface area contributed by atoms with Crippen molar-refractivity contribution in [1.82, 2.24) is 5.32 Å². The second-order valence-electron chi connectivity index (χ2n) is 4.43. The number of nitrogens with two attached hydrogens (primary N) is 1. The zero-order valence-electron chi connectivity index (χ0n) is 9.82. The molecule has 1 fully saturated rings. The molecule has 1 aliphatic rings. The van der Waals surface area contributed by atoms with Crippen LogP contribution in [0.5, 0.6) is 0 Å². The first-order valence-corrected chi connectivity index (χ1v) is 5.95. The Bertz CT molecular complexity index is 249. The highest BCUT2D eigenvalue weighted by molar-refractivity contribution is 5.79. The molecule has 1 aliphatic carbocycles. The fraction of sp³-hybridized carbons (Fsp3) is 0.615. The van der Waals surface area contributed by atoms with Gasteiger partial charge in [0.15, 0.2) is 0 Å². The van der Waals surface area contributed by atoms with Crippen LogP contribution in [0.3, 0.4) is 0 Å². The molecule has 1 amide bonds. The molecule has 90 valence electrons. The van der Waals surface area contributed by atoms with E-state index in [1.165, 1.54) is 12.8 Å². The van der Waals surface area contributed by atoms with Crippen LogP contribution in [0.4, 0.5) is 0 Å². The first kappa shape index (κ1) is 13.0. The van der Waals surface area contributed by atoms with Gasteiger partial charge in [-0.1, -0.05) is 12.2 Å². The molecule has 16 heavy (non-hydrogen) atoms. The van der Waals surface area contributed by atoms with Crippen LogP contribution >= 0.6 is 0 Å². The Labute approximate surface area is 97.8 Å². The summed E-state index contributed by atoms with van der Waals surface area (Å²) in [7, 11) is 0. The highest BCUT2D eigenvalue weighted by Crippen LogP contribution is 2.32. The lowest BCUT2D eigenvalue weighted by Gasteiger charge is -2.20. The van der Waals surface area contributed by atoms with E-state index in [9.17, 15) is 4.79 Å². The zero-order valence-corrected chi connectivity index (χ0v) is 9.82. The van der Waals surface area contributed by atoms with Crippen molar-refractivity contribution < 1.29 is 4.79 Å². The summed E-state index contributed by atoms with van der Waals surface area (Å²) in [5.41, 5.74) is 5.66. The predicted octanol–water partition coefficient (Wildman–Crippen LogP) is 1.61. The minimum absolute atomic E-state index is 0.0391. The molecule has 0 aliphatic heterocycles. The molecule has 0 saturated heterocycles. The number of carbonyl (C=O) groups excluding carboxylic acids is 1. The third kappa shape index (κ3) is 3.81. The lowest BCUT2D eigenvalue weighted by molar-refractivity contribution is -0.125. The maximum absolute atomic E-state index is 12.0. The van der Waals surface area contributed by atoms with Gasteiger partial charge in [-0.3, -0.25) is 4.79 Å². The van der Waals surface area contributed by atoms with E-state index in [-0.39, 0.29) is 17.9 Å². The molecule has 1 rings (SSSR count). The van der Waals surface area contributed by atoms with Crippen LogP contribution in [0.2, 0.25) is 0 Å². The highest BCUT2D eigenvalue weighted by Gasteiger charge is 2.32. The van der Waals surface area contributed by atoms with Crippen molar-refractivity contribution in [2.45, 2.75) is 31.7 Å².